The molecule has 0 fully saturated rings. The van der Waals surface area contributed by atoms with Gasteiger partial charge in [0.05, 0.1) is 12.6 Å². The summed E-state index contributed by atoms with van der Waals surface area (Å²) in [6, 6.07) is 16.4. The Morgan fingerprint density at radius 2 is 1.81 bits per heavy atom. The van der Waals surface area contributed by atoms with Gasteiger partial charge in [0.25, 0.3) is 0 Å². The molecule has 2 aromatic carbocycles. The van der Waals surface area contributed by atoms with Crippen LogP contribution >= 0.6 is 15.9 Å². The highest BCUT2D eigenvalue weighted by atomic mass is 79.9. The van der Waals surface area contributed by atoms with E-state index in [0.29, 0.717) is 5.92 Å². The molecule has 0 heterocycles. The minimum absolute atomic E-state index is 0.0655. The van der Waals surface area contributed by atoms with Crippen molar-refractivity contribution >= 4 is 21.6 Å². The summed E-state index contributed by atoms with van der Waals surface area (Å²) in [7, 11) is 0. The van der Waals surface area contributed by atoms with Gasteiger partial charge in [-0.05, 0) is 41.7 Å². The van der Waals surface area contributed by atoms with Crippen molar-refractivity contribution in [3.8, 4) is 0 Å². The number of aliphatic hydroxyl groups is 1. The van der Waals surface area contributed by atoms with Gasteiger partial charge in [-0.25, -0.2) is 0 Å². The maximum Gasteiger partial charge on any atom is 0.0745 e. The Bertz CT molecular complexity index is 566. The Balaban J connectivity index is 2.10. The Hall–Kier alpha value is -1.32. The van der Waals surface area contributed by atoms with Crippen LogP contribution in [0, 0.1) is 5.92 Å². The zero-order valence-electron chi connectivity index (χ0n) is 12.5. The number of benzene rings is 2. The van der Waals surface area contributed by atoms with Crippen LogP contribution in [-0.2, 0) is 6.42 Å². The SMILES string of the molecule is CC(C)Cc1ccc(C(CO)Nc2cccc(Br)c2)cc1. The Morgan fingerprint density at radius 3 is 2.38 bits per heavy atom. The van der Waals surface area contributed by atoms with Gasteiger partial charge in [0.1, 0.15) is 0 Å². The van der Waals surface area contributed by atoms with Crippen LogP contribution < -0.4 is 5.32 Å². The summed E-state index contributed by atoms with van der Waals surface area (Å²) in [5.41, 5.74) is 3.44. The molecule has 0 radical (unpaired) electrons. The lowest BCUT2D eigenvalue weighted by molar-refractivity contribution is 0.276. The highest BCUT2D eigenvalue weighted by molar-refractivity contribution is 9.10. The first-order valence-corrected chi connectivity index (χ1v) is 8.09. The molecule has 3 heteroatoms. The zero-order chi connectivity index (χ0) is 15.2. The van der Waals surface area contributed by atoms with E-state index in [0.717, 1.165) is 22.1 Å². The predicted molar refractivity (Wildman–Crippen MR) is 92.6 cm³/mol. The van der Waals surface area contributed by atoms with Crippen LogP contribution in [-0.4, -0.2) is 11.7 Å². The molecular weight excluding hydrogens is 326 g/mol. The molecule has 0 saturated heterocycles. The van der Waals surface area contributed by atoms with Crippen molar-refractivity contribution in [1.82, 2.24) is 0 Å². The molecule has 0 aliphatic heterocycles. The Labute approximate surface area is 135 Å². The fourth-order valence-electron chi connectivity index (χ4n) is 2.37. The summed E-state index contributed by atoms with van der Waals surface area (Å²) in [6.07, 6.45) is 1.09. The van der Waals surface area contributed by atoms with Crippen molar-refractivity contribution in [2.75, 3.05) is 11.9 Å². The van der Waals surface area contributed by atoms with E-state index in [1.54, 1.807) is 0 Å². The van der Waals surface area contributed by atoms with E-state index in [1.807, 2.05) is 24.3 Å². The largest absolute Gasteiger partial charge is 0.394 e. The smallest absolute Gasteiger partial charge is 0.0745 e. The van der Waals surface area contributed by atoms with Gasteiger partial charge in [0.15, 0.2) is 0 Å². The van der Waals surface area contributed by atoms with Gasteiger partial charge in [-0.3, -0.25) is 0 Å². The molecule has 0 bridgehead atoms. The van der Waals surface area contributed by atoms with E-state index in [-0.39, 0.29) is 12.6 Å². The normalized spacial score (nSPS) is 12.4. The van der Waals surface area contributed by atoms with Gasteiger partial charge >= 0.3 is 0 Å². The van der Waals surface area contributed by atoms with Crippen LogP contribution in [0.2, 0.25) is 0 Å². The van der Waals surface area contributed by atoms with E-state index < -0.39 is 0 Å². The topological polar surface area (TPSA) is 32.3 Å². The van der Waals surface area contributed by atoms with Crippen LogP contribution in [0.25, 0.3) is 0 Å². The molecule has 2 N–H and O–H groups in total. The van der Waals surface area contributed by atoms with Gasteiger partial charge in [0, 0.05) is 10.2 Å². The molecule has 2 nitrogen and oxygen atoms in total. The van der Waals surface area contributed by atoms with Crippen molar-refractivity contribution in [2.45, 2.75) is 26.3 Å². The summed E-state index contributed by atoms with van der Waals surface area (Å²) < 4.78 is 1.02. The average molecular weight is 348 g/mol. The van der Waals surface area contributed by atoms with Crippen molar-refractivity contribution in [2.24, 2.45) is 5.92 Å². The third-order valence-corrected chi connectivity index (χ3v) is 3.87. The van der Waals surface area contributed by atoms with E-state index in [4.69, 9.17) is 0 Å². The predicted octanol–water partition coefficient (Wildman–Crippen LogP) is 4.79. The standard InChI is InChI=1S/C18H22BrNO/c1-13(2)10-14-6-8-15(9-7-14)18(12-21)20-17-5-3-4-16(19)11-17/h3-9,11,13,18,20-21H,10,12H2,1-2H3. The third-order valence-electron chi connectivity index (χ3n) is 3.37. The van der Waals surface area contributed by atoms with Crippen molar-refractivity contribution in [3.05, 3.63) is 64.1 Å². The lowest BCUT2D eigenvalue weighted by Gasteiger charge is -2.19. The number of aliphatic hydroxyl groups excluding tert-OH is 1. The number of hydrogen-bond donors (Lipinski definition) is 2. The van der Waals surface area contributed by atoms with E-state index in [2.05, 4.69) is 59.4 Å². The molecule has 21 heavy (non-hydrogen) atoms. The maximum atomic E-state index is 9.65. The molecule has 0 spiro atoms. The monoisotopic (exact) mass is 347 g/mol. The average Bonchev–Trinajstić information content (AvgIpc) is 2.45. The van der Waals surface area contributed by atoms with Crippen LogP contribution in [0.5, 0.6) is 0 Å². The number of hydrogen-bond acceptors (Lipinski definition) is 2. The molecular formula is C18H22BrNO. The Kier molecular flexibility index (Phi) is 5.83. The summed E-state index contributed by atoms with van der Waals surface area (Å²) in [6.45, 7) is 4.51. The first-order valence-electron chi connectivity index (χ1n) is 7.30. The van der Waals surface area contributed by atoms with E-state index in [1.165, 1.54) is 5.56 Å². The second kappa shape index (κ2) is 7.62. The van der Waals surface area contributed by atoms with Crippen molar-refractivity contribution in [3.63, 3.8) is 0 Å². The molecule has 112 valence electrons. The molecule has 0 aliphatic rings. The van der Waals surface area contributed by atoms with Crippen molar-refractivity contribution < 1.29 is 5.11 Å². The van der Waals surface area contributed by atoms with Crippen LogP contribution in [0.3, 0.4) is 0 Å². The summed E-state index contributed by atoms with van der Waals surface area (Å²) in [5.74, 6) is 0.657. The quantitative estimate of drug-likeness (QED) is 0.786. The highest BCUT2D eigenvalue weighted by Gasteiger charge is 2.10. The van der Waals surface area contributed by atoms with Gasteiger partial charge in [0.2, 0.25) is 0 Å². The second-order valence-corrected chi connectivity index (χ2v) is 6.65. The Morgan fingerprint density at radius 1 is 1.10 bits per heavy atom. The number of nitrogens with one attached hydrogen (secondary N) is 1. The summed E-state index contributed by atoms with van der Waals surface area (Å²) in [5, 5.41) is 13.0. The molecule has 0 aliphatic carbocycles. The minimum Gasteiger partial charge on any atom is -0.394 e. The summed E-state index contributed by atoms with van der Waals surface area (Å²) in [4.78, 5) is 0. The molecule has 1 atom stereocenters. The number of halogens is 1. The lowest BCUT2D eigenvalue weighted by Crippen LogP contribution is -2.14. The second-order valence-electron chi connectivity index (χ2n) is 5.73. The molecule has 0 amide bonds. The third kappa shape index (κ3) is 4.87. The van der Waals surface area contributed by atoms with Crippen LogP contribution in [0.4, 0.5) is 5.69 Å². The molecule has 0 saturated carbocycles. The van der Waals surface area contributed by atoms with E-state index in [9.17, 15) is 5.11 Å². The first kappa shape index (κ1) is 16.1. The molecule has 2 aromatic rings. The number of rotatable bonds is 6. The fourth-order valence-corrected chi connectivity index (χ4v) is 2.77. The van der Waals surface area contributed by atoms with Gasteiger partial charge < -0.3 is 10.4 Å². The van der Waals surface area contributed by atoms with E-state index >= 15 is 0 Å². The van der Waals surface area contributed by atoms with Crippen molar-refractivity contribution in [1.29, 1.82) is 0 Å². The zero-order valence-corrected chi connectivity index (χ0v) is 14.1. The first-order chi connectivity index (χ1) is 10.1. The summed E-state index contributed by atoms with van der Waals surface area (Å²) >= 11 is 3.46. The molecule has 2 rings (SSSR count). The van der Waals surface area contributed by atoms with Gasteiger partial charge in [-0.15, -0.1) is 0 Å². The maximum absolute atomic E-state index is 9.65. The minimum atomic E-state index is -0.0904. The number of anilines is 1. The fraction of sp³-hybridized carbons (Fsp3) is 0.333. The van der Waals surface area contributed by atoms with Crippen LogP contribution in [0.1, 0.15) is 31.0 Å². The molecule has 0 aromatic heterocycles. The van der Waals surface area contributed by atoms with Gasteiger partial charge in [-0.2, -0.15) is 0 Å². The van der Waals surface area contributed by atoms with Gasteiger partial charge in [-0.1, -0.05) is 60.1 Å². The molecule has 1 unspecified atom stereocenters. The van der Waals surface area contributed by atoms with Crippen LogP contribution in [0.15, 0.2) is 53.0 Å². The highest BCUT2D eigenvalue weighted by Crippen LogP contribution is 2.23. The lowest BCUT2D eigenvalue weighted by atomic mass is 9.99.